The highest BCUT2D eigenvalue weighted by molar-refractivity contribution is 6.30. The first-order valence-corrected chi connectivity index (χ1v) is 10.2. The Labute approximate surface area is 179 Å². The summed E-state index contributed by atoms with van der Waals surface area (Å²) in [5.41, 5.74) is 2.58. The van der Waals surface area contributed by atoms with Gasteiger partial charge in [-0.1, -0.05) is 23.7 Å². The van der Waals surface area contributed by atoms with Crippen LogP contribution in [0.1, 0.15) is 24.5 Å². The molecule has 1 atom stereocenters. The summed E-state index contributed by atoms with van der Waals surface area (Å²) in [4.78, 5) is 23.6. The third kappa shape index (κ3) is 4.76. The van der Waals surface area contributed by atoms with E-state index in [1.165, 1.54) is 24.3 Å². The van der Waals surface area contributed by atoms with Crippen LogP contribution >= 0.6 is 11.6 Å². The van der Waals surface area contributed by atoms with Crippen molar-refractivity contribution >= 4 is 17.5 Å². The van der Waals surface area contributed by atoms with Gasteiger partial charge in [0.25, 0.3) is 5.91 Å². The number of nitrogens with zero attached hydrogens (tertiary/aromatic N) is 3. The number of aromatic nitrogens is 2. The predicted molar refractivity (Wildman–Crippen MR) is 113 cm³/mol. The molecule has 0 spiro atoms. The van der Waals surface area contributed by atoms with Crippen molar-refractivity contribution in [2.45, 2.75) is 18.8 Å². The number of carbonyl (C=O) groups excluding carboxylic acids is 1. The minimum Gasteiger partial charge on any atom is -0.484 e. The Bertz CT molecular complexity index is 1030. The summed E-state index contributed by atoms with van der Waals surface area (Å²) in [6.45, 7) is 1.15. The molecule has 154 valence electrons. The number of piperidine rings is 1. The van der Waals surface area contributed by atoms with Gasteiger partial charge >= 0.3 is 0 Å². The number of carbonyl (C=O) groups is 1. The monoisotopic (exact) mass is 425 g/mol. The molecular formula is C23H21ClFN3O2. The highest BCUT2D eigenvalue weighted by Gasteiger charge is 2.28. The minimum atomic E-state index is -0.341. The van der Waals surface area contributed by atoms with Crippen LogP contribution in [0, 0.1) is 5.82 Å². The number of rotatable bonds is 5. The summed E-state index contributed by atoms with van der Waals surface area (Å²) < 4.78 is 18.5. The lowest BCUT2D eigenvalue weighted by molar-refractivity contribution is -0.134. The first-order chi connectivity index (χ1) is 14.6. The van der Waals surface area contributed by atoms with Crippen LogP contribution in [-0.4, -0.2) is 40.5 Å². The lowest BCUT2D eigenvalue weighted by Crippen LogP contribution is -2.41. The molecule has 30 heavy (non-hydrogen) atoms. The molecule has 1 aliphatic heterocycles. The average molecular weight is 426 g/mol. The lowest BCUT2D eigenvalue weighted by atomic mass is 9.91. The standard InChI is InChI=1S/C23H21ClFN3O2/c24-18-5-1-3-16(13-18)22-23(27-11-10-26-22)17-4-2-12-28(14-17)21(29)15-30-20-8-6-19(25)7-9-20/h1,3,5-11,13,17H,2,4,12,14-15H2/t17-/m0/s1. The van der Waals surface area contributed by atoms with Gasteiger partial charge in [-0.05, 0) is 49.2 Å². The molecule has 0 unspecified atom stereocenters. The molecule has 4 rings (SSSR count). The van der Waals surface area contributed by atoms with Crippen molar-refractivity contribution in [3.8, 4) is 17.0 Å². The molecule has 3 aromatic rings. The van der Waals surface area contributed by atoms with Crippen LogP contribution < -0.4 is 4.74 Å². The van der Waals surface area contributed by atoms with Gasteiger partial charge in [-0.15, -0.1) is 0 Å². The van der Waals surface area contributed by atoms with E-state index in [9.17, 15) is 9.18 Å². The van der Waals surface area contributed by atoms with E-state index in [1.54, 1.807) is 17.3 Å². The van der Waals surface area contributed by atoms with E-state index < -0.39 is 0 Å². The second-order valence-electron chi connectivity index (χ2n) is 7.22. The van der Waals surface area contributed by atoms with Crippen LogP contribution in [-0.2, 0) is 4.79 Å². The van der Waals surface area contributed by atoms with E-state index in [4.69, 9.17) is 16.3 Å². The maximum absolute atomic E-state index is 13.0. The maximum atomic E-state index is 13.0. The van der Waals surface area contributed by atoms with Crippen LogP contribution in [0.3, 0.4) is 0 Å². The molecule has 1 aliphatic rings. The fourth-order valence-corrected chi connectivity index (χ4v) is 3.89. The van der Waals surface area contributed by atoms with Crippen molar-refractivity contribution in [2.24, 2.45) is 0 Å². The van der Waals surface area contributed by atoms with Crippen molar-refractivity contribution in [1.82, 2.24) is 14.9 Å². The number of amides is 1. The van der Waals surface area contributed by atoms with Crippen LogP contribution in [0.25, 0.3) is 11.3 Å². The summed E-state index contributed by atoms with van der Waals surface area (Å²) in [7, 11) is 0. The Morgan fingerprint density at radius 2 is 1.97 bits per heavy atom. The van der Waals surface area contributed by atoms with E-state index in [2.05, 4.69) is 9.97 Å². The van der Waals surface area contributed by atoms with Crippen LogP contribution in [0.4, 0.5) is 4.39 Å². The van der Waals surface area contributed by atoms with Gasteiger partial charge in [0.2, 0.25) is 0 Å². The molecule has 1 amide bonds. The molecule has 0 saturated carbocycles. The number of benzene rings is 2. The van der Waals surface area contributed by atoms with Gasteiger partial charge in [0.1, 0.15) is 11.6 Å². The second kappa shape index (κ2) is 9.22. The predicted octanol–water partition coefficient (Wildman–Crippen LogP) is 4.72. The molecule has 0 bridgehead atoms. The summed E-state index contributed by atoms with van der Waals surface area (Å²) in [5, 5.41) is 0.641. The Morgan fingerprint density at radius 3 is 2.77 bits per heavy atom. The van der Waals surface area contributed by atoms with Gasteiger partial charge in [0.15, 0.2) is 6.61 Å². The van der Waals surface area contributed by atoms with Crippen molar-refractivity contribution in [3.05, 3.63) is 77.5 Å². The van der Waals surface area contributed by atoms with E-state index in [1.807, 2.05) is 24.3 Å². The summed E-state index contributed by atoms with van der Waals surface area (Å²) in [6, 6.07) is 13.2. The smallest absolute Gasteiger partial charge is 0.260 e. The Balaban J connectivity index is 1.46. The first-order valence-electron chi connectivity index (χ1n) is 9.83. The average Bonchev–Trinajstić information content (AvgIpc) is 2.78. The Kier molecular flexibility index (Phi) is 6.23. The number of ether oxygens (including phenoxy) is 1. The first kappa shape index (κ1) is 20.3. The highest BCUT2D eigenvalue weighted by atomic mass is 35.5. The zero-order valence-electron chi connectivity index (χ0n) is 16.3. The van der Waals surface area contributed by atoms with Gasteiger partial charge in [-0.25, -0.2) is 4.39 Å². The van der Waals surface area contributed by atoms with Gasteiger partial charge in [0.05, 0.1) is 11.4 Å². The van der Waals surface area contributed by atoms with E-state index in [-0.39, 0.29) is 24.2 Å². The second-order valence-corrected chi connectivity index (χ2v) is 7.66. The van der Waals surface area contributed by atoms with Gasteiger partial charge in [-0.2, -0.15) is 0 Å². The fourth-order valence-electron chi connectivity index (χ4n) is 3.70. The molecule has 5 nitrogen and oxygen atoms in total. The topological polar surface area (TPSA) is 55.3 Å². The Morgan fingerprint density at radius 1 is 1.17 bits per heavy atom. The number of hydrogen-bond acceptors (Lipinski definition) is 4. The number of halogens is 2. The highest BCUT2D eigenvalue weighted by Crippen LogP contribution is 2.32. The van der Waals surface area contributed by atoms with E-state index >= 15 is 0 Å². The number of likely N-dealkylation sites (tertiary alicyclic amines) is 1. The molecule has 0 N–H and O–H groups in total. The lowest BCUT2D eigenvalue weighted by Gasteiger charge is -2.33. The Hall–Kier alpha value is -2.99. The zero-order chi connectivity index (χ0) is 20.9. The third-order valence-corrected chi connectivity index (χ3v) is 5.40. The van der Waals surface area contributed by atoms with Crippen molar-refractivity contribution in [2.75, 3.05) is 19.7 Å². The van der Waals surface area contributed by atoms with Crippen molar-refractivity contribution in [3.63, 3.8) is 0 Å². The molecule has 1 fully saturated rings. The molecule has 0 aliphatic carbocycles. The van der Waals surface area contributed by atoms with Crippen molar-refractivity contribution in [1.29, 1.82) is 0 Å². The van der Waals surface area contributed by atoms with Gasteiger partial charge in [0, 0.05) is 42.0 Å². The fraction of sp³-hybridized carbons (Fsp3) is 0.261. The largest absolute Gasteiger partial charge is 0.484 e. The SMILES string of the molecule is O=C(COc1ccc(F)cc1)N1CCC[C@H](c2nccnc2-c2cccc(Cl)c2)C1. The van der Waals surface area contributed by atoms with Crippen LogP contribution in [0.5, 0.6) is 5.75 Å². The normalized spacial score (nSPS) is 16.3. The maximum Gasteiger partial charge on any atom is 0.260 e. The van der Waals surface area contributed by atoms with Crippen molar-refractivity contribution < 1.29 is 13.9 Å². The quantitative estimate of drug-likeness (QED) is 0.593. The van der Waals surface area contributed by atoms with Gasteiger partial charge in [-0.3, -0.25) is 14.8 Å². The minimum absolute atomic E-state index is 0.0798. The molecular weight excluding hydrogens is 405 g/mol. The summed E-state index contributed by atoms with van der Waals surface area (Å²) in [5.74, 6) is 0.107. The zero-order valence-corrected chi connectivity index (χ0v) is 17.1. The molecule has 2 heterocycles. The van der Waals surface area contributed by atoms with Gasteiger partial charge < -0.3 is 9.64 Å². The molecule has 1 aromatic heterocycles. The summed E-state index contributed by atoms with van der Waals surface area (Å²) in [6.07, 6.45) is 5.15. The molecule has 0 radical (unpaired) electrons. The van der Waals surface area contributed by atoms with E-state index in [0.29, 0.717) is 23.9 Å². The molecule has 2 aromatic carbocycles. The third-order valence-electron chi connectivity index (χ3n) is 5.16. The van der Waals surface area contributed by atoms with E-state index in [0.717, 1.165) is 29.8 Å². The molecule has 1 saturated heterocycles. The molecule has 7 heteroatoms. The van der Waals surface area contributed by atoms with Crippen LogP contribution in [0.2, 0.25) is 5.02 Å². The number of hydrogen-bond donors (Lipinski definition) is 0. The summed E-state index contributed by atoms with van der Waals surface area (Å²) >= 11 is 6.16. The van der Waals surface area contributed by atoms with Crippen LogP contribution in [0.15, 0.2) is 60.9 Å².